The van der Waals surface area contributed by atoms with Gasteiger partial charge in [0.05, 0.1) is 27.2 Å². The average molecular weight is 498 g/mol. The minimum atomic E-state index is -4.45. The predicted octanol–water partition coefficient (Wildman–Crippen LogP) is 6.67. The van der Waals surface area contributed by atoms with E-state index in [1.165, 1.54) is 0 Å². The summed E-state index contributed by atoms with van der Waals surface area (Å²) in [6.45, 7) is 7.18. The molecule has 9 heteroatoms. The summed E-state index contributed by atoms with van der Waals surface area (Å²) in [5, 5.41) is 0.621. The van der Waals surface area contributed by atoms with Gasteiger partial charge in [0.25, 0.3) is 5.91 Å². The topological polar surface area (TPSA) is 38.1 Å². The van der Waals surface area contributed by atoms with Crippen molar-refractivity contribution in [1.29, 1.82) is 0 Å². The Morgan fingerprint density at radius 2 is 1.88 bits per heavy atom. The largest absolute Gasteiger partial charge is 0.416 e. The fraction of sp³-hybridized carbons (Fsp3) is 0.417. The van der Waals surface area contributed by atoms with E-state index in [1.54, 1.807) is 35.6 Å². The van der Waals surface area contributed by atoms with Crippen LogP contribution in [0, 0.1) is 12.3 Å². The molecule has 3 aromatic rings. The molecule has 33 heavy (non-hydrogen) atoms. The van der Waals surface area contributed by atoms with E-state index in [1.807, 2.05) is 0 Å². The summed E-state index contributed by atoms with van der Waals surface area (Å²) >= 11 is 13.1. The van der Waals surface area contributed by atoms with Crippen LogP contribution in [0.25, 0.3) is 11.0 Å². The van der Waals surface area contributed by atoms with Crippen molar-refractivity contribution in [3.8, 4) is 0 Å². The highest BCUT2D eigenvalue weighted by Gasteiger charge is 2.40. The van der Waals surface area contributed by atoms with Gasteiger partial charge in [0, 0.05) is 37.0 Å². The zero-order valence-electron chi connectivity index (χ0n) is 18.8. The van der Waals surface area contributed by atoms with Crippen LogP contribution in [0.2, 0.25) is 10.0 Å². The summed E-state index contributed by atoms with van der Waals surface area (Å²) in [7, 11) is 1.66. The van der Waals surface area contributed by atoms with Crippen LogP contribution in [-0.2, 0) is 19.6 Å². The second-order valence-electron chi connectivity index (χ2n) is 9.14. The number of halogens is 5. The molecule has 4 nitrogen and oxygen atoms in total. The maximum absolute atomic E-state index is 13.3. The summed E-state index contributed by atoms with van der Waals surface area (Å²) in [6, 6.07) is 5.43. The van der Waals surface area contributed by atoms with E-state index in [0.29, 0.717) is 51.7 Å². The van der Waals surface area contributed by atoms with Crippen molar-refractivity contribution < 1.29 is 18.0 Å². The van der Waals surface area contributed by atoms with Crippen LogP contribution < -0.4 is 0 Å². The van der Waals surface area contributed by atoms with E-state index < -0.39 is 11.7 Å². The molecule has 4 rings (SSSR count). The lowest BCUT2D eigenvalue weighted by atomic mass is 9.79. The maximum Gasteiger partial charge on any atom is 0.416 e. The molecule has 2 aromatic carbocycles. The van der Waals surface area contributed by atoms with Gasteiger partial charge in [-0.2, -0.15) is 13.2 Å². The van der Waals surface area contributed by atoms with Gasteiger partial charge in [-0.1, -0.05) is 37.0 Å². The van der Waals surface area contributed by atoms with Crippen molar-refractivity contribution in [2.45, 2.75) is 39.8 Å². The molecule has 0 atom stereocenters. The summed E-state index contributed by atoms with van der Waals surface area (Å²) in [5.41, 5.74) is 1.57. The Bertz CT molecular complexity index is 1260. The molecule has 0 radical (unpaired) electrons. The molecule has 0 N–H and O–H groups in total. The van der Waals surface area contributed by atoms with Crippen LogP contribution in [-0.4, -0.2) is 33.4 Å². The summed E-state index contributed by atoms with van der Waals surface area (Å²) in [5.74, 6) is 0.350. The van der Waals surface area contributed by atoms with Gasteiger partial charge < -0.3 is 9.47 Å². The van der Waals surface area contributed by atoms with E-state index in [0.717, 1.165) is 18.6 Å². The second kappa shape index (κ2) is 8.20. The molecule has 0 saturated carbocycles. The number of fused-ring (bicyclic) bond motifs is 1. The molecular weight excluding hydrogens is 474 g/mol. The summed E-state index contributed by atoms with van der Waals surface area (Å²) in [6.07, 6.45) is -3.29. The van der Waals surface area contributed by atoms with Gasteiger partial charge in [-0.25, -0.2) is 4.98 Å². The first-order chi connectivity index (χ1) is 15.3. The number of imidazole rings is 1. The Labute approximate surface area is 200 Å². The van der Waals surface area contributed by atoms with Crippen LogP contribution in [0.5, 0.6) is 0 Å². The van der Waals surface area contributed by atoms with Gasteiger partial charge in [0.15, 0.2) is 0 Å². The molecule has 1 amide bonds. The van der Waals surface area contributed by atoms with E-state index >= 15 is 0 Å². The molecule has 1 aliphatic heterocycles. The number of hydrogen-bond acceptors (Lipinski definition) is 2. The molecule has 176 valence electrons. The Hall–Kier alpha value is -2.25. The SMILES string of the molecule is CCC1(C)CN(C(=O)c2ccc(Cl)c(Cc3nc4c(C)cc(C(F)(F)F)cc4n3C)c2Cl)C1. The van der Waals surface area contributed by atoms with E-state index in [9.17, 15) is 18.0 Å². The molecular formula is C24H24Cl2F3N3O. The maximum atomic E-state index is 13.3. The molecule has 2 heterocycles. The number of benzene rings is 2. The van der Waals surface area contributed by atoms with Gasteiger partial charge in [0.1, 0.15) is 5.82 Å². The third-order valence-electron chi connectivity index (χ3n) is 6.63. The molecule has 0 unspecified atom stereocenters. The fourth-order valence-corrected chi connectivity index (χ4v) is 4.91. The van der Waals surface area contributed by atoms with Crippen molar-refractivity contribution in [2.75, 3.05) is 13.1 Å². The monoisotopic (exact) mass is 497 g/mol. The minimum absolute atomic E-state index is 0.123. The predicted molar refractivity (Wildman–Crippen MR) is 124 cm³/mol. The van der Waals surface area contributed by atoms with Crippen LogP contribution in [0.4, 0.5) is 13.2 Å². The molecule has 1 aliphatic rings. The molecule has 1 aromatic heterocycles. The van der Waals surface area contributed by atoms with Crippen LogP contribution >= 0.6 is 23.2 Å². The van der Waals surface area contributed by atoms with Crippen LogP contribution in [0.3, 0.4) is 0 Å². The number of aryl methyl sites for hydroxylation is 2. The number of rotatable bonds is 4. The van der Waals surface area contributed by atoms with Crippen LogP contribution in [0.1, 0.15) is 53.1 Å². The molecule has 0 spiro atoms. The van der Waals surface area contributed by atoms with Gasteiger partial charge in [-0.15, -0.1) is 0 Å². The number of carbonyl (C=O) groups excluding carboxylic acids is 1. The lowest BCUT2D eigenvalue weighted by Gasteiger charge is -2.47. The zero-order valence-corrected chi connectivity index (χ0v) is 20.3. The lowest BCUT2D eigenvalue weighted by molar-refractivity contribution is -0.137. The lowest BCUT2D eigenvalue weighted by Crippen LogP contribution is -2.56. The van der Waals surface area contributed by atoms with Crippen molar-refractivity contribution in [3.05, 3.63) is 62.4 Å². The summed E-state index contributed by atoms with van der Waals surface area (Å²) in [4.78, 5) is 19.3. The Morgan fingerprint density at radius 3 is 2.48 bits per heavy atom. The van der Waals surface area contributed by atoms with Crippen LogP contribution in [0.15, 0.2) is 24.3 Å². The van der Waals surface area contributed by atoms with Gasteiger partial charge >= 0.3 is 6.18 Å². The number of hydrogen-bond donors (Lipinski definition) is 0. The van der Waals surface area contributed by atoms with E-state index in [4.69, 9.17) is 23.2 Å². The number of aromatic nitrogens is 2. The Balaban J connectivity index is 1.70. The highest BCUT2D eigenvalue weighted by molar-refractivity contribution is 6.38. The zero-order chi connectivity index (χ0) is 24.3. The molecule has 1 saturated heterocycles. The molecule has 0 bridgehead atoms. The first-order valence-electron chi connectivity index (χ1n) is 10.6. The third kappa shape index (κ3) is 4.21. The highest BCUT2D eigenvalue weighted by Crippen LogP contribution is 2.38. The molecule has 1 fully saturated rings. The van der Waals surface area contributed by atoms with Gasteiger partial charge in [0.2, 0.25) is 0 Å². The number of alkyl halides is 3. The smallest absolute Gasteiger partial charge is 0.337 e. The minimum Gasteiger partial charge on any atom is -0.337 e. The highest BCUT2D eigenvalue weighted by atomic mass is 35.5. The van der Waals surface area contributed by atoms with Crippen molar-refractivity contribution >= 4 is 40.1 Å². The van der Waals surface area contributed by atoms with Crippen molar-refractivity contribution in [3.63, 3.8) is 0 Å². The first kappa shape index (κ1) is 23.9. The first-order valence-corrected chi connectivity index (χ1v) is 11.4. The Morgan fingerprint density at radius 1 is 1.21 bits per heavy atom. The Kier molecular flexibility index (Phi) is 5.94. The normalized spacial score (nSPS) is 15.7. The third-order valence-corrected chi connectivity index (χ3v) is 7.42. The van der Waals surface area contributed by atoms with E-state index in [-0.39, 0.29) is 22.8 Å². The standard InChI is InChI=1S/C24H24Cl2F3N3O/c1-5-23(3)11-32(12-23)22(33)15-6-7-17(25)16(20(15)26)10-19-30-21-13(2)8-14(24(27,28)29)9-18(21)31(19)4/h6-9H,5,10-12H2,1-4H3. The van der Waals surface area contributed by atoms with Crippen molar-refractivity contribution in [1.82, 2.24) is 14.5 Å². The van der Waals surface area contributed by atoms with Gasteiger partial charge in [-0.3, -0.25) is 4.79 Å². The fourth-order valence-electron chi connectivity index (χ4n) is 4.32. The summed E-state index contributed by atoms with van der Waals surface area (Å²) < 4.78 is 41.4. The number of likely N-dealkylation sites (tertiary alicyclic amines) is 1. The quantitative estimate of drug-likeness (QED) is 0.403. The molecule has 0 aliphatic carbocycles. The average Bonchev–Trinajstić information content (AvgIpc) is 3.04. The van der Waals surface area contributed by atoms with E-state index in [2.05, 4.69) is 18.8 Å². The second-order valence-corrected chi connectivity index (χ2v) is 9.92. The number of carbonyl (C=O) groups is 1. The van der Waals surface area contributed by atoms with Crippen molar-refractivity contribution in [2.24, 2.45) is 12.5 Å². The number of amides is 1. The number of nitrogens with zero attached hydrogens (tertiary/aromatic N) is 3. The van der Waals surface area contributed by atoms with Gasteiger partial charge in [-0.05, 0) is 48.7 Å².